The molecule has 4 nitrogen and oxygen atoms in total. The van der Waals surface area contributed by atoms with Crippen molar-refractivity contribution in [3.8, 4) is 5.75 Å². The van der Waals surface area contributed by atoms with Gasteiger partial charge in [-0.25, -0.2) is 0 Å². The maximum atomic E-state index is 12.7. The Kier molecular flexibility index (Phi) is 5.16. The maximum absolute atomic E-state index is 12.7. The normalized spacial score (nSPS) is 18.4. The zero-order chi connectivity index (χ0) is 16.1. The molecule has 0 aliphatic carbocycles. The Balaban J connectivity index is 1.78. The van der Waals surface area contributed by atoms with Crippen LogP contribution < -0.4 is 15.4 Å². The number of ether oxygens (including phenoxy) is 1. The van der Waals surface area contributed by atoms with Gasteiger partial charge in [0.25, 0.3) is 5.91 Å². The van der Waals surface area contributed by atoms with E-state index in [1.54, 1.807) is 24.3 Å². The minimum Gasteiger partial charge on any atom is -0.476 e. The molecule has 2 aromatic carbocycles. The fraction of sp³-hybridized carbons (Fsp3) is 0.278. The summed E-state index contributed by atoms with van der Waals surface area (Å²) in [7, 11) is 0. The first-order chi connectivity index (χ1) is 11.2. The van der Waals surface area contributed by atoms with Crippen LogP contribution in [0.15, 0.2) is 54.6 Å². The molecule has 23 heavy (non-hydrogen) atoms. The number of benzene rings is 2. The number of rotatable bonds is 5. The molecule has 2 N–H and O–H groups in total. The molecule has 1 fully saturated rings. The third kappa shape index (κ3) is 4.24. The summed E-state index contributed by atoms with van der Waals surface area (Å²) in [6.07, 6.45) is 0.256. The molecule has 0 saturated carbocycles. The molecule has 2 aromatic rings. The van der Waals surface area contributed by atoms with Crippen molar-refractivity contribution in [3.63, 3.8) is 0 Å². The minimum absolute atomic E-state index is 0.125. The fourth-order valence-corrected chi connectivity index (χ4v) is 2.73. The van der Waals surface area contributed by atoms with E-state index < -0.39 is 6.10 Å². The van der Waals surface area contributed by atoms with Crippen LogP contribution in [0.1, 0.15) is 18.1 Å². The average Bonchev–Trinajstić information content (AvgIpc) is 3.08. The Labute approximate surface area is 140 Å². The van der Waals surface area contributed by atoms with E-state index >= 15 is 0 Å². The number of carbonyl (C=O) groups excluding carboxylic acids is 1. The van der Waals surface area contributed by atoms with Gasteiger partial charge in [-0.3, -0.25) is 4.79 Å². The van der Waals surface area contributed by atoms with Crippen LogP contribution in [0, 0.1) is 0 Å². The van der Waals surface area contributed by atoms with Gasteiger partial charge < -0.3 is 15.4 Å². The summed E-state index contributed by atoms with van der Waals surface area (Å²) < 4.78 is 5.94. The SMILES string of the molecule is O=C(NC1CCNC1)C(Oc1ccc(Cl)cc1)c1ccccc1. The van der Waals surface area contributed by atoms with Crippen molar-refractivity contribution >= 4 is 17.5 Å². The van der Waals surface area contributed by atoms with Crippen molar-refractivity contribution in [1.82, 2.24) is 10.6 Å². The topological polar surface area (TPSA) is 50.4 Å². The maximum Gasteiger partial charge on any atom is 0.266 e. The quantitative estimate of drug-likeness (QED) is 0.886. The standard InChI is InChI=1S/C18H19ClN2O2/c19-14-6-8-16(9-7-14)23-17(13-4-2-1-3-5-13)18(22)21-15-10-11-20-12-15/h1-9,15,17,20H,10-12H2,(H,21,22). The largest absolute Gasteiger partial charge is 0.476 e. The molecule has 0 radical (unpaired) electrons. The Bertz CT molecular complexity index is 640. The van der Waals surface area contributed by atoms with Gasteiger partial charge in [0.2, 0.25) is 6.10 Å². The molecule has 0 spiro atoms. The Hall–Kier alpha value is -2.04. The van der Waals surface area contributed by atoms with E-state index in [9.17, 15) is 4.79 Å². The molecule has 0 bridgehead atoms. The second-order valence-corrected chi connectivity index (χ2v) is 6.00. The summed E-state index contributed by atoms with van der Waals surface area (Å²) in [6, 6.07) is 16.7. The van der Waals surface area contributed by atoms with Crippen LogP contribution in [0.4, 0.5) is 0 Å². The minimum atomic E-state index is -0.682. The molecule has 120 valence electrons. The molecule has 2 unspecified atom stereocenters. The zero-order valence-corrected chi connectivity index (χ0v) is 13.4. The first-order valence-corrected chi connectivity index (χ1v) is 8.08. The first-order valence-electron chi connectivity index (χ1n) is 7.70. The highest BCUT2D eigenvalue weighted by Gasteiger charge is 2.26. The molecule has 5 heteroatoms. The number of hydrogen-bond acceptors (Lipinski definition) is 3. The summed E-state index contributed by atoms with van der Waals surface area (Å²) in [6.45, 7) is 1.73. The molecular formula is C18H19ClN2O2. The zero-order valence-electron chi connectivity index (χ0n) is 12.7. The highest BCUT2D eigenvalue weighted by atomic mass is 35.5. The van der Waals surface area contributed by atoms with Gasteiger partial charge in [-0.15, -0.1) is 0 Å². The van der Waals surface area contributed by atoms with Crippen molar-refractivity contribution in [2.45, 2.75) is 18.6 Å². The molecule has 1 aliphatic rings. The van der Waals surface area contributed by atoms with E-state index in [1.807, 2.05) is 30.3 Å². The summed E-state index contributed by atoms with van der Waals surface area (Å²) >= 11 is 5.90. The predicted octanol–water partition coefficient (Wildman–Crippen LogP) is 2.94. The van der Waals surface area contributed by atoms with Crippen molar-refractivity contribution < 1.29 is 9.53 Å². The highest BCUT2D eigenvalue weighted by Crippen LogP contribution is 2.24. The van der Waals surface area contributed by atoms with Gasteiger partial charge in [0, 0.05) is 23.2 Å². The van der Waals surface area contributed by atoms with Gasteiger partial charge in [-0.2, -0.15) is 0 Å². The van der Waals surface area contributed by atoms with Crippen LogP contribution in [-0.4, -0.2) is 25.0 Å². The summed E-state index contributed by atoms with van der Waals surface area (Å²) in [5.74, 6) is 0.489. The predicted molar refractivity (Wildman–Crippen MR) is 90.7 cm³/mol. The molecule has 1 aliphatic heterocycles. The first kappa shape index (κ1) is 15.8. The van der Waals surface area contributed by atoms with E-state index in [-0.39, 0.29) is 11.9 Å². The number of amides is 1. The molecule has 2 atom stereocenters. The van der Waals surface area contributed by atoms with E-state index in [0.717, 1.165) is 25.1 Å². The Morgan fingerprint density at radius 2 is 1.91 bits per heavy atom. The molecule has 1 saturated heterocycles. The third-order valence-electron chi connectivity index (χ3n) is 3.81. The highest BCUT2D eigenvalue weighted by molar-refractivity contribution is 6.30. The van der Waals surface area contributed by atoms with Gasteiger partial charge in [0.15, 0.2) is 0 Å². The molecule has 3 rings (SSSR count). The fourth-order valence-electron chi connectivity index (χ4n) is 2.60. The number of hydrogen-bond donors (Lipinski definition) is 2. The van der Waals surface area contributed by atoms with E-state index in [1.165, 1.54) is 0 Å². The lowest BCUT2D eigenvalue weighted by Crippen LogP contribution is -2.40. The smallest absolute Gasteiger partial charge is 0.266 e. The van der Waals surface area contributed by atoms with Crippen LogP contribution >= 0.6 is 11.6 Å². The van der Waals surface area contributed by atoms with Crippen molar-refractivity contribution in [3.05, 3.63) is 65.2 Å². The second-order valence-electron chi connectivity index (χ2n) is 5.56. The van der Waals surface area contributed by atoms with Gasteiger partial charge in [0.1, 0.15) is 5.75 Å². The Morgan fingerprint density at radius 1 is 1.17 bits per heavy atom. The van der Waals surface area contributed by atoms with Crippen LogP contribution in [0.2, 0.25) is 5.02 Å². The van der Waals surface area contributed by atoms with E-state index in [4.69, 9.17) is 16.3 Å². The third-order valence-corrected chi connectivity index (χ3v) is 4.07. The average molecular weight is 331 g/mol. The lowest BCUT2D eigenvalue weighted by molar-refractivity contribution is -0.128. The summed E-state index contributed by atoms with van der Waals surface area (Å²) in [5.41, 5.74) is 0.825. The molecular weight excluding hydrogens is 312 g/mol. The molecule has 0 aromatic heterocycles. The van der Waals surface area contributed by atoms with Gasteiger partial charge in [-0.05, 0) is 37.2 Å². The van der Waals surface area contributed by atoms with Crippen molar-refractivity contribution in [2.75, 3.05) is 13.1 Å². The van der Waals surface area contributed by atoms with E-state index in [2.05, 4.69) is 10.6 Å². The lowest BCUT2D eigenvalue weighted by Gasteiger charge is -2.21. The van der Waals surface area contributed by atoms with Crippen LogP contribution in [0.5, 0.6) is 5.75 Å². The Morgan fingerprint density at radius 3 is 2.57 bits per heavy atom. The van der Waals surface area contributed by atoms with Gasteiger partial charge in [-0.1, -0.05) is 41.9 Å². The van der Waals surface area contributed by atoms with Crippen LogP contribution in [0.25, 0.3) is 0 Å². The molecule has 1 heterocycles. The van der Waals surface area contributed by atoms with Crippen molar-refractivity contribution in [2.24, 2.45) is 0 Å². The van der Waals surface area contributed by atoms with Crippen LogP contribution in [0.3, 0.4) is 0 Å². The van der Waals surface area contributed by atoms with Gasteiger partial charge in [0.05, 0.1) is 0 Å². The second kappa shape index (κ2) is 7.49. The number of halogens is 1. The van der Waals surface area contributed by atoms with Crippen LogP contribution in [-0.2, 0) is 4.79 Å². The molecule has 1 amide bonds. The number of carbonyl (C=O) groups is 1. The monoisotopic (exact) mass is 330 g/mol. The lowest BCUT2D eigenvalue weighted by atomic mass is 10.1. The number of nitrogens with one attached hydrogen (secondary N) is 2. The summed E-state index contributed by atoms with van der Waals surface area (Å²) in [5, 5.41) is 6.93. The van der Waals surface area contributed by atoms with E-state index in [0.29, 0.717) is 10.8 Å². The van der Waals surface area contributed by atoms with Crippen molar-refractivity contribution in [1.29, 1.82) is 0 Å². The van der Waals surface area contributed by atoms with Gasteiger partial charge >= 0.3 is 0 Å². The summed E-state index contributed by atoms with van der Waals surface area (Å²) in [4.78, 5) is 12.7.